The highest BCUT2D eigenvalue weighted by molar-refractivity contribution is 7.13. The number of benzene rings is 1. The molecule has 0 radical (unpaired) electrons. The Hall–Kier alpha value is -2.74. The molecular formula is C16H14FN3O3S. The van der Waals surface area contributed by atoms with E-state index in [-0.39, 0.29) is 11.6 Å². The van der Waals surface area contributed by atoms with Crippen molar-refractivity contribution in [3.63, 3.8) is 0 Å². The summed E-state index contributed by atoms with van der Waals surface area (Å²) in [5, 5.41) is 12.0. The van der Waals surface area contributed by atoms with Gasteiger partial charge in [0.2, 0.25) is 5.82 Å². The number of carbonyl (C=O) groups is 1. The number of hydrogen-bond donors (Lipinski definition) is 1. The standard InChI is InChI=1S/C16H14FN3O3S/c1-2-11(22-12-7-4-3-6-10(12)17)16(21)18-15-14(19-23-20-15)13-8-5-9-24-13/h3-9,11H,2H2,1H3,(H,18,20,21)/t11-/m0/s1. The Bertz CT molecular complexity index is 820. The number of anilines is 1. The van der Waals surface area contributed by atoms with Crippen molar-refractivity contribution in [1.29, 1.82) is 0 Å². The monoisotopic (exact) mass is 347 g/mol. The second-order valence-corrected chi connectivity index (χ2v) is 5.82. The first-order valence-corrected chi connectivity index (χ1v) is 8.15. The molecule has 0 aliphatic carbocycles. The first-order valence-electron chi connectivity index (χ1n) is 7.27. The van der Waals surface area contributed by atoms with Gasteiger partial charge in [-0.05, 0) is 40.3 Å². The van der Waals surface area contributed by atoms with Crippen molar-refractivity contribution in [1.82, 2.24) is 10.3 Å². The highest BCUT2D eigenvalue weighted by Crippen LogP contribution is 2.28. The highest BCUT2D eigenvalue weighted by Gasteiger charge is 2.23. The Morgan fingerprint density at radius 1 is 1.33 bits per heavy atom. The van der Waals surface area contributed by atoms with Crippen LogP contribution >= 0.6 is 11.3 Å². The number of rotatable bonds is 6. The van der Waals surface area contributed by atoms with Gasteiger partial charge >= 0.3 is 0 Å². The molecule has 0 saturated carbocycles. The first kappa shape index (κ1) is 16.1. The summed E-state index contributed by atoms with van der Waals surface area (Å²) in [7, 11) is 0. The van der Waals surface area contributed by atoms with E-state index in [1.165, 1.54) is 23.5 Å². The highest BCUT2D eigenvalue weighted by atomic mass is 32.1. The molecule has 0 aliphatic rings. The van der Waals surface area contributed by atoms with Gasteiger partial charge < -0.3 is 10.1 Å². The zero-order valence-corrected chi connectivity index (χ0v) is 13.5. The fraction of sp³-hybridized carbons (Fsp3) is 0.188. The Labute approximate surface area is 141 Å². The van der Waals surface area contributed by atoms with Crippen molar-refractivity contribution in [3.05, 3.63) is 47.6 Å². The summed E-state index contributed by atoms with van der Waals surface area (Å²) in [6.45, 7) is 1.77. The van der Waals surface area contributed by atoms with Crippen LogP contribution in [0, 0.1) is 5.82 Å². The van der Waals surface area contributed by atoms with Gasteiger partial charge in [0.15, 0.2) is 23.4 Å². The number of amides is 1. The number of para-hydroxylation sites is 1. The Morgan fingerprint density at radius 2 is 2.17 bits per heavy atom. The molecule has 0 spiro atoms. The van der Waals surface area contributed by atoms with Gasteiger partial charge in [-0.3, -0.25) is 4.79 Å². The van der Waals surface area contributed by atoms with Crippen molar-refractivity contribution in [2.75, 3.05) is 5.32 Å². The van der Waals surface area contributed by atoms with E-state index in [4.69, 9.17) is 9.37 Å². The van der Waals surface area contributed by atoms with Crippen LogP contribution in [-0.4, -0.2) is 22.3 Å². The van der Waals surface area contributed by atoms with E-state index in [1.807, 2.05) is 17.5 Å². The van der Waals surface area contributed by atoms with E-state index >= 15 is 0 Å². The molecule has 1 atom stereocenters. The summed E-state index contributed by atoms with van der Waals surface area (Å²) < 4.78 is 23.9. The lowest BCUT2D eigenvalue weighted by molar-refractivity contribution is -0.122. The Morgan fingerprint density at radius 3 is 2.88 bits per heavy atom. The minimum Gasteiger partial charge on any atom is -0.478 e. The number of ether oxygens (including phenoxy) is 1. The van der Waals surface area contributed by atoms with Crippen LogP contribution in [0.25, 0.3) is 10.6 Å². The van der Waals surface area contributed by atoms with Crippen LogP contribution in [0.5, 0.6) is 5.75 Å². The SMILES string of the molecule is CC[C@H](Oc1ccccc1F)C(=O)Nc1nonc1-c1cccs1. The minimum atomic E-state index is -0.866. The van der Waals surface area contributed by atoms with E-state index in [1.54, 1.807) is 19.1 Å². The maximum atomic E-state index is 13.7. The average Bonchev–Trinajstić information content (AvgIpc) is 3.25. The lowest BCUT2D eigenvalue weighted by atomic mass is 10.2. The minimum absolute atomic E-state index is 0.0243. The number of hydrogen-bond acceptors (Lipinski definition) is 6. The predicted octanol–water partition coefficient (Wildman–Crippen LogP) is 3.73. The number of thiophene rings is 1. The second-order valence-electron chi connectivity index (χ2n) is 4.87. The number of nitrogens with zero attached hydrogens (tertiary/aromatic N) is 2. The molecule has 1 aromatic carbocycles. The van der Waals surface area contributed by atoms with Crippen LogP contribution in [0.1, 0.15) is 13.3 Å². The molecule has 0 saturated heterocycles. The zero-order chi connectivity index (χ0) is 16.9. The third-order valence-electron chi connectivity index (χ3n) is 3.25. The fourth-order valence-electron chi connectivity index (χ4n) is 2.06. The molecule has 1 amide bonds. The van der Waals surface area contributed by atoms with Gasteiger partial charge in [-0.2, -0.15) is 0 Å². The molecule has 3 rings (SSSR count). The van der Waals surface area contributed by atoms with Gasteiger partial charge in [0, 0.05) is 0 Å². The van der Waals surface area contributed by atoms with Gasteiger partial charge in [-0.1, -0.05) is 25.1 Å². The Balaban J connectivity index is 1.74. The van der Waals surface area contributed by atoms with Crippen LogP contribution in [0.3, 0.4) is 0 Å². The fourth-order valence-corrected chi connectivity index (χ4v) is 2.76. The summed E-state index contributed by atoms with van der Waals surface area (Å²) in [6.07, 6.45) is -0.505. The molecule has 0 aliphatic heterocycles. The van der Waals surface area contributed by atoms with E-state index in [0.717, 1.165) is 4.88 Å². The van der Waals surface area contributed by atoms with E-state index in [0.29, 0.717) is 12.1 Å². The Kier molecular flexibility index (Phi) is 4.85. The molecule has 0 fully saturated rings. The largest absolute Gasteiger partial charge is 0.478 e. The number of aromatic nitrogens is 2. The van der Waals surface area contributed by atoms with Gasteiger partial charge in [0.25, 0.3) is 5.91 Å². The van der Waals surface area contributed by atoms with Crippen molar-refractivity contribution < 1.29 is 18.6 Å². The van der Waals surface area contributed by atoms with Crippen LogP contribution < -0.4 is 10.1 Å². The van der Waals surface area contributed by atoms with Gasteiger partial charge in [-0.15, -0.1) is 11.3 Å². The van der Waals surface area contributed by atoms with Crippen LogP contribution in [0.4, 0.5) is 10.2 Å². The first-order chi connectivity index (χ1) is 11.7. The van der Waals surface area contributed by atoms with Gasteiger partial charge in [-0.25, -0.2) is 9.02 Å². The molecule has 124 valence electrons. The number of carbonyl (C=O) groups excluding carboxylic acids is 1. The summed E-state index contributed by atoms with van der Waals surface area (Å²) in [5.41, 5.74) is 0.444. The summed E-state index contributed by atoms with van der Waals surface area (Å²) in [6, 6.07) is 9.64. The van der Waals surface area contributed by atoms with Crippen LogP contribution in [0.2, 0.25) is 0 Å². The molecule has 24 heavy (non-hydrogen) atoms. The quantitative estimate of drug-likeness (QED) is 0.735. The zero-order valence-electron chi connectivity index (χ0n) is 12.7. The third-order valence-corrected chi connectivity index (χ3v) is 4.13. The molecule has 0 bridgehead atoms. The summed E-state index contributed by atoms with van der Waals surface area (Å²) in [4.78, 5) is 13.2. The van der Waals surface area contributed by atoms with Crippen molar-refractivity contribution >= 4 is 23.1 Å². The molecule has 2 heterocycles. The average molecular weight is 347 g/mol. The van der Waals surface area contributed by atoms with E-state index in [2.05, 4.69) is 15.6 Å². The third kappa shape index (κ3) is 3.43. The van der Waals surface area contributed by atoms with Crippen molar-refractivity contribution in [3.8, 4) is 16.3 Å². The molecule has 2 aromatic heterocycles. The predicted molar refractivity (Wildman–Crippen MR) is 87.3 cm³/mol. The second kappa shape index (κ2) is 7.22. The van der Waals surface area contributed by atoms with Crippen LogP contribution in [0.15, 0.2) is 46.4 Å². The number of halogens is 1. The lowest BCUT2D eigenvalue weighted by Crippen LogP contribution is -2.32. The molecule has 1 N–H and O–H groups in total. The smallest absolute Gasteiger partial charge is 0.266 e. The maximum Gasteiger partial charge on any atom is 0.266 e. The summed E-state index contributed by atoms with van der Waals surface area (Å²) in [5.74, 6) is -0.741. The van der Waals surface area contributed by atoms with Crippen molar-refractivity contribution in [2.45, 2.75) is 19.4 Å². The van der Waals surface area contributed by atoms with Gasteiger partial charge in [0.1, 0.15) is 0 Å². The van der Waals surface area contributed by atoms with Gasteiger partial charge in [0.05, 0.1) is 4.88 Å². The molecule has 0 unspecified atom stereocenters. The topological polar surface area (TPSA) is 77.2 Å². The molecule has 6 nitrogen and oxygen atoms in total. The van der Waals surface area contributed by atoms with Crippen LogP contribution in [-0.2, 0) is 4.79 Å². The molecule has 3 aromatic rings. The normalized spacial score (nSPS) is 11.9. The van der Waals surface area contributed by atoms with Crippen molar-refractivity contribution in [2.24, 2.45) is 0 Å². The maximum absolute atomic E-state index is 13.7. The molecular weight excluding hydrogens is 333 g/mol. The van der Waals surface area contributed by atoms with E-state index in [9.17, 15) is 9.18 Å². The van der Waals surface area contributed by atoms with E-state index < -0.39 is 17.8 Å². The number of nitrogens with one attached hydrogen (secondary N) is 1. The molecule has 8 heteroatoms. The lowest BCUT2D eigenvalue weighted by Gasteiger charge is -2.16. The summed E-state index contributed by atoms with van der Waals surface area (Å²) >= 11 is 1.45.